The van der Waals surface area contributed by atoms with Gasteiger partial charge in [0.05, 0.1) is 40.6 Å². The van der Waals surface area contributed by atoms with Crippen LogP contribution in [0.25, 0.3) is 22.2 Å². The molecule has 3 saturated heterocycles. The number of hydrogen-bond donors (Lipinski definition) is 6. The van der Waals surface area contributed by atoms with Crippen LogP contribution >= 0.6 is 50.4 Å². The SMILES string of the molecule is Nc1nc2c(ncn2C2OC3COP(=O)(O)OC4C(O)C(COP(=O)(O)OC3C2O)OC4n2c(Cl)nc3cc(Cl)c(Cl)cc32)c(=O)[nH]1. The van der Waals surface area contributed by atoms with Gasteiger partial charge in [0.2, 0.25) is 11.2 Å². The van der Waals surface area contributed by atoms with E-state index in [-0.39, 0.29) is 43.5 Å². The van der Waals surface area contributed by atoms with Crippen molar-refractivity contribution in [1.29, 1.82) is 0 Å². The normalized spacial score (nSPS) is 36.7. The number of fused-ring (bicyclic) bond motifs is 5. The number of nitrogens with two attached hydrogens (primary N) is 1. The Labute approximate surface area is 276 Å². The lowest BCUT2D eigenvalue weighted by atomic mass is 10.1. The van der Waals surface area contributed by atoms with Gasteiger partial charge in [-0.05, 0) is 23.7 Å². The zero-order valence-corrected chi connectivity index (χ0v) is 27.1. The van der Waals surface area contributed by atoms with E-state index in [0.717, 1.165) is 10.9 Å². The van der Waals surface area contributed by atoms with Crippen LogP contribution in [0.4, 0.5) is 5.95 Å². The van der Waals surface area contributed by atoms with Crippen molar-refractivity contribution in [3.8, 4) is 0 Å². The molecule has 0 saturated carbocycles. The van der Waals surface area contributed by atoms with Crippen LogP contribution in [0.2, 0.25) is 15.3 Å². The van der Waals surface area contributed by atoms with Crippen molar-refractivity contribution in [2.75, 3.05) is 18.9 Å². The van der Waals surface area contributed by atoms with Crippen molar-refractivity contribution < 1.29 is 56.7 Å². The van der Waals surface area contributed by atoms with Crippen molar-refractivity contribution >= 4 is 78.6 Å². The minimum absolute atomic E-state index is 0.103. The summed E-state index contributed by atoms with van der Waals surface area (Å²) in [5.41, 5.74) is 5.15. The molecule has 10 atom stereocenters. The molecule has 3 aliphatic rings. The van der Waals surface area contributed by atoms with Gasteiger partial charge in [-0.2, -0.15) is 4.98 Å². The molecule has 1 aromatic carbocycles. The first-order valence-corrected chi connectivity index (χ1v) is 17.5. The van der Waals surface area contributed by atoms with Gasteiger partial charge in [0.1, 0.15) is 36.6 Å². The molecule has 3 aromatic heterocycles. The zero-order valence-electron chi connectivity index (χ0n) is 23.1. The summed E-state index contributed by atoms with van der Waals surface area (Å²) >= 11 is 18.7. The van der Waals surface area contributed by atoms with Crippen molar-refractivity contribution in [1.82, 2.24) is 29.1 Å². The number of nitrogens with zero attached hydrogens (tertiary/aromatic N) is 5. The number of nitrogens with one attached hydrogen (secondary N) is 1. The number of nitrogen functional groups attached to an aromatic ring is 1. The summed E-state index contributed by atoms with van der Waals surface area (Å²) in [5.74, 6) is -0.278. The lowest BCUT2D eigenvalue weighted by Gasteiger charge is -2.26. The number of halogens is 3. The van der Waals surface area contributed by atoms with Crippen LogP contribution in [0.5, 0.6) is 0 Å². The molecular formula is C22H22Cl3N7O13P2. The van der Waals surface area contributed by atoms with Gasteiger partial charge in [-0.3, -0.25) is 37.0 Å². The Balaban J connectivity index is 1.22. The number of aliphatic hydroxyl groups excluding tert-OH is 2. The van der Waals surface area contributed by atoms with Gasteiger partial charge in [-0.15, -0.1) is 0 Å². The first-order valence-electron chi connectivity index (χ1n) is 13.4. The molecule has 6 heterocycles. The lowest BCUT2D eigenvalue weighted by molar-refractivity contribution is -0.0670. The molecule has 10 unspecified atom stereocenters. The van der Waals surface area contributed by atoms with Crippen molar-refractivity contribution in [3.05, 3.63) is 44.1 Å². The standard InChI is InChI=1S/C22H22Cl3N7O13P2/c23-6-1-8-9(2-7(6)24)32(21(25)28-8)20-16-13(33)10(42-20)3-40-46(36,37)44-15-11(4-41-47(38,39)45-16)43-19(14(15)34)31-5-27-12-17(31)29-22(26)30-18(12)35/h1-2,5,10-11,13-16,19-20,33-34H,3-4H2,(H,36,37)(H,38,39)(H3,26,29,30,35). The van der Waals surface area contributed by atoms with Gasteiger partial charge < -0.3 is 35.2 Å². The van der Waals surface area contributed by atoms with E-state index in [2.05, 4.69) is 19.9 Å². The molecule has 3 aliphatic heterocycles. The maximum atomic E-state index is 13.3. The fourth-order valence-corrected chi connectivity index (χ4v) is 8.02. The van der Waals surface area contributed by atoms with E-state index in [4.69, 9.17) is 68.1 Å². The molecule has 0 aliphatic carbocycles. The van der Waals surface area contributed by atoms with Crippen LogP contribution in [-0.2, 0) is 36.7 Å². The summed E-state index contributed by atoms with van der Waals surface area (Å²) in [7, 11) is -10.3. The van der Waals surface area contributed by atoms with E-state index in [0.29, 0.717) is 0 Å². The molecular weight excluding hydrogens is 739 g/mol. The van der Waals surface area contributed by atoms with Crippen LogP contribution in [0.3, 0.4) is 0 Å². The van der Waals surface area contributed by atoms with Crippen molar-refractivity contribution in [2.24, 2.45) is 0 Å². The van der Waals surface area contributed by atoms with Crippen molar-refractivity contribution in [3.63, 3.8) is 0 Å². The molecule has 7 N–H and O–H groups in total. The maximum Gasteiger partial charge on any atom is 0.472 e. The average molecular weight is 761 g/mol. The number of aromatic nitrogens is 6. The van der Waals surface area contributed by atoms with Gasteiger partial charge in [-0.25, -0.2) is 19.1 Å². The first kappa shape index (κ1) is 33.3. The molecule has 254 valence electrons. The zero-order chi connectivity index (χ0) is 33.6. The second-order valence-corrected chi connectivity index (χ2v) is 14.5. The highest BCUT2D eigenvalue weighted by molar-refractivity contribution is 7.47. The number of hydrogen-bond acceptors (Lipinski definition) is 15. The van der Waals surface area contributed by atoms with E-state index in [1.807, 2.05) is 0 Å². The van der Waals surface area contributed by atoms with Crippen LogP contribution in [0, 0.1) is 0 Å². The Morgan fingerprint density at radius 3 is 2.28 bits per heavy atom. The van der Waals surface area contributed by atoms with Crippen LogP contribution in [-0.4, -0.2) is 98.9 Å². The van der Waals surface area contributed by atoms with E-state index < -0.39 is 83.5 Å². The Morgan fingerprint density at radius 2 is 1.55 bits per heavy atom. The quantitative estimate of drug-likeness (QED) is 0.157. The van der Waals surface area contributed by atoms with Gasteiger partial charge in [-0.1, -0.05) is 23.2 Å². The molecule has 0 radical (unpaired) electrons. The van der Waals surface area contributed by atoms with Crippen LogP contribution in [0.1, 0.15) is 12.5 Å². The number of ether oxygens (including phenoxy) is 2. The molecule has 20 nitrogen and oxygen atoms in total. The molecule has 3 fully saturated rings. The van der Waals surface area contributed by atoms with E-state index in [9.17, 15) is 33.9 Å². The molecule has 47 heavy (non-hydrogen) atoms. The smallest absolute Gasteiger partial charge is 0.387 e. The number of benzene rings is 1. The van der Waals surface area contributed by atoms with Gasteiger partial charge in [0.15, 0.2) is 23.6 Å². The number of H-pyrrole nitrogens is 1. The fraction of sp³-hybridized carbons (Fsp3) is 0.455. The highest BCUT2D eigenvalue weighted by atomic mass is 35.5. The molecule has 0 amide bonds. The summed E-state index contributed by atoms with van der Waals surface area (Å²) in [5, 5.41) is 22.3. The van der Waals surface area contributed by atoms with Gasteiger partial charge in [0, 0.05) is 0 Å². The minimum Gasteiger partial charge on any atom is -0.387 e. The summed E-state index contributed by atoms with van der Waals surface area (Å²) in [6.45, 7) is -1.70. The largest absolute Gasteiger partial charge is 0.472 e. The van der Waals surface area contributed by atoms with Crippen LogP contribution in [0.15, 0.2) is 23.3 Å². The monoisotopic (exact) mass is 759 g/mol. The van der Waals surface area contributed by atoms with Crippen molar-refractivity contribution in [2.45, 2.75) is 49.1 Å². The highest BCUT2D eigenvalue weighted by Gasteiger charge is 2.54. The number of anilines is 1. The Morgan fingerprint density at radius 1 is 0.915 bits per heavy atom. The first-order chi connectivity index (χ1) is 22.1. The summed E-state index contributed by atoms with van der Waals surface area (Å²) in [6.07, 6.45) is -11.9. The predicted octanol–water partition coefficient (Wildman–Crippen LogP) is 1.25. The maximum absolute atomic E-state index is 13.3. The third-order valence-electron chi connectivity index (χ3n) is 7.60. The van der Waals surface area contributed by atoms with Gasteiger partial charge >= 0.3 is 15.6 Å². The van der Waals surface area contributed by atoms with Gasteiger partial charge in [0.25, 0.3) is 5.56 Å². The molecule has 2 bridgehead atoms. The average Bonchev–Trinajstić information content (AvgIpc) is 3.70. The summed E-state index contributed by atoms with van der Waals surface area (Å²) < 4.78 is 61.3. The van der Waals surface area contributed by atoms with Crippen LogP contribution < -0.4 is 11.3 Å². The third-order valence-corrected chi connectivity index (χ3v) is 10.6. The molecule has 0 spiro atoms. The Kier molecular flexibility index (Phi) is 8.48. The summed E-state index contributed by atoms with van der Waals surface area (Å²) in [6, 6.07) is 2.80. The van der Waals surface area contributed by atoms with E-state index in [1.165, 1.54) is 16.7 Å². The topological polar surface area (TPSA) is 278 Å². The number of aliphatic hydroxyl groups is 2. The molecule has 7 rings (SSSR count). The lowest BCUT2D eigenvalue weighted by Crippen LogP contribution is -2.36. The van der Waals surface area contributed by atoms with E-state index >= 15 is 0 Å². The number of phosphoric acid groups is 2. The van der Waals surface area contributed by atoms with E-state index in [1.54, 1.807) is 0 Å². The molecule has 4 aromatic rings. The second-order valence-electron chi connectivity index (χ2n) is 10.6. The third kappa shape index (κ3) is 6.01. The highest BCUT2D eigenvalue weighted by Crippen LogP contribution is 2.54. The predicted molar refractivity (Wildman–Crippen MR) is 158 cm³/mol. The Bertz CT molecular complexity index is 2050. The second kappa shape index (κ2) is 12.0. The fourth-order valence-electron chi connectivity index (χ4n) is 5.53. The number of rotatable bonds is 2. The number of aromatic amines is 1. The number of phosphoric ester groups is 2. The number of imidazole rings is 2. The molecule has 25 heteroatoms. The minimum atomic E-state index is -5.15. The summed E-state index contributed by atoms with van der Waals surface area (Å²) in [4.78, 5) is 48.0. The Hall–Kier alpha value is -2.23.